The van der Waals surface area contributed by atoms with E-state index >= 15 is 0 Å². The van der Waals surface area contributed by atoms with Crippen molar-refractivity contribution >= 4 is 17.6 Å². The molecule has 25 heavy (non-hydrogen) atoms. The number of likely N-dealkylation sites (tertiary alicyclic amines) is 1. The Hall–Kier alpha value is -2.15. The molecule has 138 valence electrons. The maximum Gasteiger partial charge on any atom is 0.321 e. The van der Waals surface area contributed by atoms with Crippen molar-refractivity contribution in [2.45, 2.75) is 26.2 Å². The molecule has 7 heteroatoms. The molecule has 2 N–H and O–H groups in total. The third-order valence-corrected chi connectivity index (χ3v) is 4.22. The minimum Gasteiger partial charge on any atom is -0.382 e. The zero-order valence-electron chi connectivity index (χ0n) is 14.6. The van der Waals surface area contributed by atoms with Gasteiger partial charge in [0.15, 0.2) is 0 Å². The summed E-state index contributed by atoms with van der Waals surface area (Å²) in [6.45, 7) is 4.96. The molecule has 3 amide bonds. The number of hydrogen-bond acceptors (Lipinski definition) is 3. The van der Waals surface area contributed by atoms with Crippen LogP contribution in [0.5, 0.6) is 0 Å². The summed E-state index contributed by atoms with van der Waals surface area (Å²) in [7, 11) is 0. The first kappa shape index (κ1) is 19.2. The van der Waals surface area contributed by atoms with Gasteiger partial charge >= 0.3 is 6.03 Å². The van der Waals surface area contributed by atoms with Crippen LogP contribution in [-0.4, -0.2) is 49.7 Å². The van der Waals surface area contributed by atoms with Gasteiger partial charge in [0.2, 0.25) is 5.91 Å². The van der Waals surface area contributed by atoms with Crippen LogP contribution in [-0.2, 0) is 9.53 Å². The lowest BCUT2D eigenvalue weighted by Gasteiger charge is -2.31. The molecule has 1 fully saturated rings. The van der Waals surface area contributed by atoms with Crippen LogP contribution in [0.1, 0.15) is 26.2 Å². The summed E-state index contributed by atoms with van der Waals surface area (Å²) in [5, 5.41) is 5.67. The molecule has 0 unspecified atom stereocenters. The van der Waals surface area contributed by atoms with Gasteiger partial charge in [0.1, 0.15) is 5.82 Å². The summed E-state index contributed by atoms with van der Waals surface area (Å²) in [5.74, 6) is -0.344. The molecule has 1 saturated heterocycles. The van der Waals surface area contributed by atoms with E-state index in [1.807, 2.05) is 6.92 Å². The average Bonchev–Trinajstić information content (AvgIpc) is 2.63. The second-order valence-electron chi connectivity index (χ2n) is 6.04. The van der Waals surface area contributed by atoms with Crippen LogP contribution in [0.4, 0.5) is 14.9 Å². The van der Waals surface area contributed by atoms with Gasteiger partial charge in [0.25, 0.3) is 0 Å². The number of carbonyl (C=O) groups is 2. The zero-order chi connectivity index (χ0) is 18.1. The molecular weight excluding hydrogens is 325 g/mol. The molecular formula is C18H26FN3O3. The van der Waals surface area contributed by atoms with Gasteiger partial charge in [-0.25, -0.2) is 9.18 Å². The van der Waals surface area contributed by atoms with Crippen LogP contribution in [0, 0.1) is 11.7 Å². The Balaban J connectivity index is 1.68. The number of nitrogens with zero attached hydrogens (tertiary/aromatic N) is 1. The summed E-state index contributed by atoms with van der Waals surface area (Å²) >= 11 is 0. The molecule has 1 aromatic rings. The molecule has 0 bridgehead atoms. The highest BCUT2D eigenvalue weighted by Gasteiger charge is 2.27. The van der Waals surface area contributed by atoms with Gasteiger partial charge in [-0.3, -0.25) is 4.79 Å². The van der Waals surface area contributed by atoms with Crippen molar-refractivity contribution in [2.75, 3.05) is 38.2 Å². The highest BCUT2D eigenvalue weighted by molar-refractivity contribution is 5.89. The Labute approximate surface area is 147 Å². The molecule has 0 atom stereocenters. The number of benzene rings is 1. The fourth-order valence-corrected chi connectivity index (χ4v) is 2.76. The number of piperidine rings is 1. The summed E-state index contributed by atoms with van der Waals surface area (Å²) in [6.07, 6.45) is 2.10. The Morgan fingerprint density at radius 2 is 1.92 bits per heavy atom. The van der Waals surface area contributed by atoms with Crippen LogP contribution in [0.15, 0.2) is 24.3 Å². The van der Waals surface area contributed by atoms with E-state index in [0.29, 0.717) is 51.4 Å². The molecule has 2 rings (SSSR count). The van der Waals surface area contributed by atoms with Crippen molar-refractivity contribution in [3.63, 3.8) is 0 Å². The van der Waals surface area contributed by atoms with Crippen molar-refractivity contribution in [2.24, 2.45) is 5.92 Å². The van der Waals surface area contributed by atoms with E-state index in [-0.39, 0.29) is 23.7 Å². The maximum atomic E-state index is 12.9. The quantitative estimate of drug-likeness (QED) is 0.742. The summed E-state index contributed by atoms with van der Waals surface area (Å²) in [5.41, 5.74) is 0.556. The van der Waals surface area contributed by atoms with E-state index in [4.69, 9.17) is 4.74 Å². The van der Waals surface area contributed by atoms with Crippen molar-refractivity contribution in [3.8, 4) is 0 Å². The first-order valence-electron chi connectivity index (χ1n) is 8.77. The molecule has 1 aliphatic rings. The minimum absolute atomic E-state index is 0.0510. The molecule has 1 aliphatic heterocycles. The van der Waals surface area contributed by atoms with Crippen LogP contribution in [0.2, 0.25) is 0 Å². The van der Waals surface area contributed by atoms with E-state index in [2.05, 4.69) is 10.6 Å². The van der Waals surface area contributed by atoms with E-state index in [0.717, 1.165) is 6.42 Å². The first-order valence-corrected chi connectivity index (χ1v) is 8.77. The highest BCUT2D eigenvalue weighted by atomic mass is 19.1. The van der Waals surface area contributed by atoms with Gasteiger partial charge in [-0.1, -0.05) is 0 Å². The third-order valence-electron chi connectivity index (χ3n) is 4.22. The monoisotopic (exact) mass is 351 g/mol. The van der Waals surface area contributed by atoms with E-state index < -0.39 is 0 Å². The van der Waals surface area contributed by atoms with Crippen molar-refractivity contribution < 1.29 is 18.7 Å². The lowest BCUT2D eigenvalue weighted by atomic mass is 9.96. The topological polar surface area (TPSA) is 70.7 Å². The lowest BCUT2D eigenvalue weighted by Crippen LogP contribution is -2.44. The second kappa shape index (κ2) is 9.98. The smallest absolute Gasteiger partial charge is 0.321 e. The molecule has 6 nitrogen and oxygen atoms in total. The zero-order valence-corrected chi connectivity index (χ0v) is 14.6. The lowest BCUT2D eigenvalue weighted by molar-refractivity contribution is -0.126. The number of carbonyl (C=O) groups excluding carboxylic acids is 2. The average molecular weight is 351 g/mol. The summed E-state index contributed by atoms with van der Waals surface area (Å²) in [6, 6.07) is 5.43. The Morgan fingerprint density at radius 1 is 1.24 bits per heavy atom. The van der Waals surface area contributed by atoms with Crippen LogP contribution in [0.25, 0.3) is 0 Å². The first-order chi connectivity index (χ1) is 12.1. The summed E-state index contributed by atoms with van der Waals surface area (Å²) < 4.78 is 18.1. The predicted octanol–water partition coefficient (Wildman–Crippen LogP) is 2.61. The SMILES string of the molecule is CCOCCCNC(=O)C1CCN(C(=O)Nc2ccc(F)cc2)CC1. The molecule has 0 aromatic heterocycles. The maximum absolute atomic E-state index is 12.9. The number of nitrogens with one attached hydrogen (secondary N) is 2. The number of amides is 3. The minimum atomic E-state index is -0.342. The van der Waals surface area contributed by atoms with E-state index in [1.165, 1.54) is 24.3 Å². The van der Waals surface area contributed by atoms with Gasteiger partial charge < -0.3 is 20.3 Å². The van der Waals surface area contributed by atoms with Crippen LogP contribution >= 0.6 is 0 Å². The highest BCUT2D eigenvalue weighted by Crippen LogP contribution is 2.18. The van der Waals surface area contributed by atoms with Crippen LogP contribution < -0.4 is 10.6 Å². The molecule has 1 aromatic carbocycles. The second-order valence-corrected chi connectivity index (χ2v) is 6.04. The Morgan fingerprint density at radius 3 is 2.56 bits per heavy atom. The molecule has 0 radical (unpaired) electrons. The molecule has 0 saturated carbocycles. The number of halogens is 1. The standard InChI is InChI=1S/C18H26FN3O3/c1-2-25-13-3-10-20-17(23)14-8-11-22(12-9-14)18(24)21-16-6-4-15(19)5-7-16/h4-7,14H,2-3,8-13H2,1H3,(H,20,23)(H,21,24). The fourth-order valence-electron chi connectivity index (χ4n) is 2.76. The number of ether oxygens (including phenoxy) is 1. The van der Waals surface area contributed by atoms with Gasteiger partial charge in [0.05, 0.1) is 0 Å². The van der Waals surface area contributed by atoms with Crippen molar-refractivity contribution in [3.05, 3.63) is 30.1 Å². The van der Waals surface area contributed by atoms with Gasteiger partial charge in [-0.2, -0.15) is 0 Å². The normalized spacial score (nSPS) is 15.0. The van der Waals surface area contributed by atoms with E-state index in [9.17, 15) is 14.0 Å². The predicted molar refractivity (Wildman–Crippen MR) is 93.8 cm³/mol. The molecule has 0 aliphatic carbocycles. The van der Waals surface area contributed by atoms with Gasteiger partial charge in [-0.15, -0.1) is 0 Å². The van der Waals surface area contributed by atoms with Gasteiger partial charge in [0, 0.05) is 44.5 Å². The van der Waals surface area contributed by atoms with E-state index in [1.54, 1.807) is 4.90 Å². The third kappa shape index (κ3) is 6.34. The number of urea groups is 1. The number of anilines is 1. The van der Waals surface area contributed by atoms with Crippen LogP contribution in [0.3, 0.4) is 0 Å². The molecule has 0 spiro atoms. The molecule has 1 heterocycles. The Kier molecular flexibility index (Phi) is 7.66. The Bertz CT molecular complexity index is 557. The summed E-state index contributed by atoms with van der Waals surface area (Å²) in [4.78, 5) is 26.0. The van der Waals surface area contributed by atoms with Crippen molar-refractivity contribution in [1.82, 2.24) is 10.2 Å². The van der Waals surface area contributed by atoms with Gasteiger partial charge in [-0.05, 0) is 50.5 Å². The fraction of sp³-hybridized carbons (Fsp3) is 0.556. The van der Waals surface area contributed by atoms with Crippen molar-refractivity contribution in [1.29, 1.82) is 0 Å². The number of rotatable bonds is 7. The number of hydrogen-bond donors (Lipinski definition) is 2. The largest absolute Gasteiger partial charge is 0.382 e.